The normalized spacial score (nSPS) is 20.0. The van der Waals surface area contributed by atoms with E-state index in [0.717, 1.165) is 56.2 Å². The van der Waals surface area contributed by atoms with E-state index in [1.165, 1.54) is 0 Å². The zero-order valence-electron chi connectivity index (χ0n) is 18.4. The van der Waals surface area contributed by atoms with Crippen LogP contribution in [0.15, 0.2) is 29.3 Å². The van der Waals surface area contributed by atoms with E-state index >= 15 is 0 Å². The Bertz CT molecular complexity index is 740. The molecule has 0 spiro atoms. The lowest BCUT2D eigenvalue weighted by atomic mass is 9.65. The van der Waals surface area contributed by atoms with E-state index in [-0.39, 0.29) is 41.0 Å². The van der Waals surface area contributed by atoms with Gasteiger partial charge < -0.3 is 20.4 Å². The lowest BCUT2D eigenvalue weighted by molar-refractivity contribution is -0.0667. The highest BCUT2D eigenvalue weighted by molar-refractivity contribution is 14.0. The van der Waals surface area contributed by atoms with Crippen molar-refractivity contribution >= 4 is 41.7 Å². The van der Waals surface area contributed by atoms with E-state index in [0.29, 0.717) is 6.54 Å². The van der Waals surface area contributed by atoms with Crippen LogP contribution in [0.1, 0.15) is 53.0 Å². The number of aliphatic imine (C=N–C) groups is 1. The summed E-state index contributed by atoms with van der Waals surface area (Å²) in [5.41, 5.74) is 2.26. The van der Waals surface area contributed by atoms with Gasteiger partial charge in [0.1, 0.15) is 0 Å². The summed E-state index contributed by atoms with van der Waals surface area (Å²) >= 11 is 0. The number of guanidine groups is 1. The monoisotopic (exact) mass is 513 g/mol. The first-order valence-electron chi connectivity index (χ1n) is 10.5. The predicted molar refractivity (Wildman–Crippen MR) is 131 cm³/mol. The Kier molecular flexibility index (Phi) is 7.81. The lowest BCUT2D eigenvalue weighted by Gasteiger charge is -2.62. The quantitative estimate of drug-likeness (QED) is 0.354. The zero-order valence-corrected chi connectivity index (χ0v) is 20.7. The first-order chi connectivity index (χ1) is 13.2. The molecule has 2 aliphatic heterocycles. The van der Waals surface area contributed by atoms with Gasteiger partial charge in [-0.3, -0.25) is 0 Å². The van der Waals surface area contributed by atoms with Crippen molar-refractivity contribution in [1.82, 2.24) is 15.1 Å². The molecule has 1 aromatic carbocycles. The molecular formula is C22H36IN5O. The molecule has 0 aliphatic carbocycles. The number of urea groups is 1. The minimum absolute atomic E-state index is 0. The van der Waals surface area contributed by atoms with E-state index in [1.807, 2.05) is 23.1 Å². The van der Waals surface area contributed by atoms with Crippen LogP contribution in [0.3, 0.4) is 0 Å². The van der Waals surface area contributed by atoms with Crippen LogP contribution in [-0.4, -0.2) is 53.5 Å². The lowest BCUT2D eigenvalue weighted by Crippen LogP contribution is -2.72. The number of anilines is 1. The van der Waals surface area contributed by atoms with Crippen LogP contribution in [0.5, 0.6) is 0 Å². The molecule has 0 radical (unpaired) electrons. The Morgan fingerprint density at radius 2 is 1.86 bits per heavy atom. The van der Waals surface area contributed by atoms with Gasteiger partial charge in [0.2, 0.25) is 0 Å². The van der Waals surface area contributed by atoms with Gasteiger partial charge in [0.15, 0.2) is 5.96 Å². The Morgan fingerprint density at radius 1 is 1.17 bits per heavy atom. The van der Waals surface area contributed by atoms with Crippen LogP contribution in [0.25, 0.3) is 0 Å². The molecule has 2 amide bonds. The molecule has 7 heteroatoms. The number of halogens is 1. The third kappa shape index (κ3) is 5.16. The van der Waals surface area contributed by atoms with E-state index in [9.17, 15) is 4.79 Å². The molecule has 2 aliphatic rings. The number of rotatable bonds is 4. The van der Waals surface area contributed by atoms with E-state index < -0.39 is 0 Å². The van der Waals surface area contributed by atoms with Crippen molar-refractivity contribution in [2.45, 2.75) is 59.5 Å². The van der Waals surface area contributed by atoms with Crippen LogP contribution in [0.2, 0.25) is 0 Å². The fraction of sp³-hybridized carbons (Fsp3) is 0.636. The van der Waals surface area contributed by atoms with E-state index in [2.05, 4.69) is 56.2 Å². The van der Waals surface area contributed by atoms with Crippen molar-refractivity contribution in [1.29, 1.82) is 0 Å². The first kappa shape index (κ1) is 23.8. The number of amides is 2. The number of hydrogen-bond acceptors (Lipinski definition) is 2. The van der Waals surface area contributed by atoms with Crippen molar-refractivity contribution in [3.8, 4) is 0 Å². The van der Waals surface area contributed by atoms with Gasteiger partial charge in [-0.15, -0.1) is 24.0 Å². The summed E-state index contributed by atoms with van der Waals surface area (Å²) in [6.07, 6.45) is 2.19. The minimum Gasteiger partial charge on any atom is -0.356 e. The van der Waals surface area contributed by atoms with Crippen LogP contribution in [0.4, 0.5) is 10.5 Å². The molecule has 1 aromatic rings. The van der Waals surface area contributed by atoms with Gasteiger partial charge in [0.25, 0.3) is 0 Å². The van der Waals surface area contributed by atoms with Gasteiger partial charge in [-0.05, 0) is 51.3 Å². The van der Waals surface area contributed by atoms with Crippen LogP contribution in [0, 0.1) is 5.41 Å². The van der Waals surface area contributed by atoms with Crippen molar-refractivity contribution < 1.29 is 4.79 Å². The van der Waals surface area contributed by atoms with Crippen LogP contribution >= 0.6 is 24.0 Å². The van der Waals surface area contributed by atoms with Gasteiger partial charge in [0, 0.05) is 42.8 Å². The van der Waals surface area contributed by atoms with Crippen molar-refractivity contribution in [3.05, 3.63) is 29.8 Å². The number of nitrogens with one attached hydrogen (secondary N) is 2. The first-order valence-corrected chi connectivity index (χ1v) is 10.5. The molecule has 29 heavy (non-hydrogen) atoms. The second-order valence-electron chi connectivity index (χ2n) is 9.02. The zero-order chi connectivity index (χ0) is 20.4. The summed E-state index contributed by atoms with van der Waals surface area (Å²) in [4.78, 5) is 21.4. The smallest absolute Gasteiger partial charge is 0.321 e. The topological polar surface area (TPSA) is 60.0 Å². The SMILES string of the molecule is CCNC(=NCc1cccc(NC(=O)N2CCCC2)c1)N1CC(C)(C)C1(C)C.I. The Hall–Kier alpha value is -1.51. The number of carbonyl (C=O) groups excluding carboxylic acids is 1. The highest BCUT2D eigenvalue weighted by Crippen LogP contribution is 2.46. The van der Waals surface area contributed by atoms with Gasteiger partial charge in [-0.1, -0.05) is 26.0 Å². The number of likely N-dealkylation sites (tertiary alicyclic amines) is 2. The van der Waals surface area contributed by atoms with Crippen molar-refractivity contribution in [3.63, 3.8) is 0 Å². The summed E-state index contributed by atoms with van der Waals surface area (Å²) in [7, 11) is 0. The van der Waals surface area contributed by atoms with E-state index in [4.69, 9.17) is 4.99 Å². The van der Waals surface area contributed by atoms with Crippen LogP contribution in [-0.2, 0) is 6.54 Å². The highest BCUT2D eigenvalue weighted by atomic mass is 127. The molecule has 0 unspecified atom stereocenters. The van der Waals surface area contributed by atoms with Crippen LogP contribution < -0.4 is 10.6 Å². The standard InChI is InChI=1S/C22H35N5O.HI/c1-6-23-19(27-16-21(2,3)22(27,4)5)24-15-17-10-9-11-18(14-17)25-20(28)26-12-7-8-13-26;/h9-11,14H,6-8,12-13,15-16H2,1-5H3,(H,23,24)(H,25,28);1H. The molecule has 0 atom stereocenters. The van der Waals surface area contributed by atoms with E-state index in [1.54, 1.807) is 0 Å². The van der Waals surface area contributed by atoms with Gasteiger partial charge in [0.05, 0.1) is 6.54 Å². The molecule has 0 saturated carbocycles. The fourth-order valence-electron chi connectivity index (χ4n) is 3.83. The van der Waals surface area contributed by atoms with Gasteiger partial charge in [-0.25, -0.2) is 9.79 Å². The fourth-order valence-corrected chi connectivity index (χ4v) is 3.83. The molecule has 2 N–H and O–H groups in total. The highest BCUT2D eigenvalue weighted by Gasteiger charge is 2.53. The average Bonchev–Trinajstić information content (AvgIpc) is 3.19. The number of nitrogens with zero attached hydrogens (tertiary/aromatic N) is 3. The molecule has 0 aromatic heterocycles. The number of benzene rings is 1. The second kappa shape index (κ2) is 9.53. The summed E-state index contributed by atoms with van der Waals surface area (Å²) in [6.45, 7) is 15.4. The summed E-state index contributed by atoms with van der Waals surface area (Å²) in [5, 5.41) is 6.45. The summed E-state index contributed by atoms with van der Waals surface area (Å²) < 4.78 is 0. The molecule has 2 saturated heterocycles. The molecule has 2 heterocycles. The van der Waals surface area contributed by atoms with Crippen molar-refractivity contribution in [2.75, 3.05) is 31.5 Å². The Morgan fingerprint density at radius 3 is 2.45 bits per heavy atom. The maximum atomic E-state index is 12.3. The maximum absolute atomic E-state index is 12.3. The summed E-state index contributed by atoms with van der Waals surface area (Å²) in [5.74, 6) is 0.957. The molecule has 3 rings (SSSR count). The van der Waals surface area contributed by atoms with Crippen molar-refractivity contribution in [2.24, 2.45) is 10.4 Å². The minimum atomic E-state index is -0.00366. The Balaban J connectivity index is 0.00000300. The molecule has 6 nitrogen and oxygen atoms in total. The predicted octanol–water partition coefficient (Wildman–Crippen LogP) is 4.52. The number of carbonyl (C=O) groups is 1. The third-order valence-corrected chi connectivity index (χ3v) is 6.46. The average molecular weight is 513 g/mol. The molecule has 0 bridgehead atoms. The molecule has 162 valence electrons. The van der Waals surface area contributed by atoms with Gasteiger partial charge >= 0.3 is 6.03 Å². The maximum Gasteiger partial charge on any atom is 0.321 e. The second-order valence-corrected chi connectivity index (χ2v) is 9.02. The summed E-state index contributed by atoms with van der Waals surface area (Å²) in [6, 6.07) is 7.99. The molecule has 2 fully saturated rings. The van der Waals surface area contributed by atoms with Gasteiger partial charge in [-0.2, -0.15) is 0 Å². The molecular weight excluding hydrogens is 477 g/mol. The number of hydrogen-bond donors (Lipinski definition) is 2. The third-order valence-electron chi connectivity index (χ3n) is 6.46. The largest absolute Gasteiger partial charge is 0.356 e. The Labute approximate surface area is 192 Å².